The molecule has 0 fully saturated rings. The number of carbonyl (C=O) groups excluding carboxylic acids is 4. The third-order valence-electron chi connectivity index (χ3n) is 6.92. The van der Waals surface area contributed by atoms with Crippen LogP contribution in [0.1, 0.15) is 68.1 Å². The van der Waals surface area contributed by atoms with Crippen molar-refractivity contribution in [3.63, 3.8) is 0 Å². The van der Waals surface area contributed by atoms with Crippen molar-refractivity contribution in [3.05, 3.63) is 95.6 Å². The lowest BCUT2D eigenvalue weighted by Crippen LogP contribution is -2.47. The Labute approximate surface area is 245 Å². The third kappa shape index (κ3) is 7.51. The Morgan fingerprint density at radius 2 is 1.50 bits per heavy atom. The van der Waals surface area contributed by atoms with Crippen molar-refractivity contribution in [1.82, 2.24) is 16.0 Å². The molecule has 0 bridgehead atoms. The van der Waals surface area contributed by atoms with E-state index in [4.69, 9.17) is 4.74 Å². The van der Waals surface area contributed by atoms with E-state index in [2.05, 4.69) is 16.0 Å². The molecule has 0 saturated carbocycles. The molecule has 4 rings (SSSR count). The summed E-state index contributed by atoms with van der Waals surface area (Å²) in [5.74, 6) is -0.796. The van der Waals surface area contributed by atoms with E-state index in [0.29, 0.717) is 10.9 Å². The largest absolute Gasteiger partial charge is 0.444 e. The maximum atomic E-state index is 13.5. The first-order chi connectivity index (χ1) is 20.1. The zero-order chi connectivity index (χ0) is 30.3. The summed E-state index contributed by atoms with van der Waals surface area (Å²) < 4.78 is 5.33. The number of fused-ring (bicyclic) bond motifs is 2. The van der Waals surface area contributed by atoms with Crippen LogP contribution >= 0.6 is 0 Å². The molecule has 0 saturated heterocycles. The Balaban J connectivity index is 1.52. The zero-order valence-electron chi connectivity index (χ0n) is 24.4. The number of hydrogen-bond donors (Lipinski definition) is 3. The molecule has 4 aromatic rings. The normalized spacial score (nSPS) is 12.8. The van der Waals surface area contributed by atoms with E-state index in [0.717, 1.165) is 33.6 Å². The molecular weight excluding hydrogens is 530 g/mol. The van der Waals surface area contributed by atoms with Crippen LogP contribution in [0.5, 0.6) is 0 Å². The van der Waals surface area contributed by atoms with E-state index in [1.165, 1.54) is 0 Å². The molecule has 3 N–H and O–H groups in total. The maximum absolute atomic E-state index is 13.5. The molecule has 0 aliphatic heterocycles. The summed E-state index contributed by atoms with van der Waals surface area (Å²) in [7, 11) is 0. The van der Waals surface area contributed by atoms with Gasteiger partial charge in [0, 0.05) is 18.5 Å². The van der Waals surface area contributed by atoms with Gasteiger partial charge in [-0.3, -0.25) is 9.59 Å². The second-order valence-electron chi connectivity index (χ2n) is 11.2. The quantitative estimate of drug-likeness (QED) is 0.204. The van der Waals surface area contributed by atoms with Crippen LogP contribution in [0.15, 0.2) is 78.9 Å². The summed E-state index contributed by atoms with van der Waals surface area (Å²) in [6, 6.07) is 23.5. The van der Waals surface area contributed by atoms with E-state index in [-0.39, 0.29) is 31.3 Å². The van der Waals surface area contributed by atoms with Crippen molar-refractivity contribution in [3.8, 4) is 0 Å². The Kier molecular flexibility index (Phi) is 9.57. The van der Waals surface area contributed by atoms with Gasteiger partial charge >= 0.3 is 6.09 Å². The van der Waals surface area contributed by atoms with Crippen LogP contribution in [0.25, 0.3) is 21.5 Å². The van der Waals surface area contributed by atoms with Crippen LogP contribution in [0.2, 0.25) is 0 Å². The molecular formula is C34H37N3O5. The average molecular weight is 568 g/mol. The lowest BCUT2D eigenvalue weighted by molar-refractivity contribution is -0.123. The van der Waals surface area contributed by atoms with E-state index in [1.54, 1.807) is 32.9 Å². The highest BCUT2D eigenvalue weighted by Crippen LogP contribution is 2.25. The molecule has 0 heterocycles. The first-order valence-electron chi connectivity index (χ1n) is 14.1. The van der Waals surface area contributed by atoms with Gasteiger partial charge in [-0.25, -0.2) is 4.79 Å². The first kappa shape index (κ1) is 30.2. The first-order valence-corrected chi connectivity index (χ1v) is 14.1. The molecule has 0 radical (unpaired) electrons. The molecule has 8 nitrogen and oxygen atoms in total. The van der Waals surface area contributed by atoms with Gasteiger partial charge in [0.25, 0.3) is 5.91 Å². The number of benzene rings is 4. The molecule has 4 aromatic carbocycles. The van der Waals surface area contributed by atoms with Crippen molar-refractivity contribution >= 4 is 45.7 Å². The summed E-state index contributed by atoms with van der Waals surface area (Å²) in [5, 5.41) is 12.2. The number of nitrogens with one attached hydrogen (secondary N) is 3. The summed E-state index contributed by atoms with van der Waals surface area (Å²) in [4.78, 5) is 50.3. The minimum absolute atomic E-state index is 0.122. The predicted molar refractivity (Wildman–Crippen MR) is 164 cm³/mol. The highest BCUT2D eigenvalue weighted by atomic mass is 16.6. The molecule has 0 spiro atoms. The van der Waals surface area contributed by atoms with Crippen molar-refractivity contribution in [2.75, 3.05) is 0 Å². The molecule has 218 valence electrons. The molecule has 3 amide bonds. The van der Waals surface area contributed by atoms with Gasteiger partial charge in [0.2, 0.25) is 5.91 Å². The molecule has 42 heavy (non-hydrogen) atoms. The van der Waals surface area contributed by atoms with Crippen LogP contribution in [0.4, 0.5) is 4.79 Å². The summed E-state index contributed by atoms with van der Waals surface area (Å²) in [6.07, 6.45) is 0.494. The van der Waals surface area contributed by atoms with Gasteiger partial charge < -0.3 is 25.5 Å². The van der Waals surface area contributed by atoms with E-state index in [1.807, 2.05) is 73.7 Å². The maximum Gasteiger partial charge on any atom is 0.407 e. The lowest BCUT2D eigenvalue weighted by Gasteiger charge is -2.22. The summed E-state index contributed by atoms with van der Waals surface area (Å²) >= 11 is 0. The van der Waals surface area contributed by atoms with Gasteiger partial charge in [-0.15, -0.1) is 0 Å². The predicted octanol–water partition coefficient (Wildman–Crippen LogP) is 5.97. The van der Waals surface area contributed by atoms with Gasteiger partial charge in [0.15, 0.2) is 0 Å². The second-order valence-corrected chi connectivity index (χ2v) is 11.2. The molecule has 2 atom stereocenters. The third-order valence-corrected chi connectivity index (χ3v) is 6.92. The van der Waals surface area contributed by atoms with Crippen LogP contribution in [-0.4, -0.2) is 35.8 Å². The van der Waals surface area contributed by atoms with Crippen LogP contribution in [0.3, 0.4) is 0 Å². The Hall–Kier alpha value is -4.72. The molecule has 0 aliphatic rings. The number of aldehydes is 1. The highest BCUT2D eigenvalue weighted by molar-refractivity contribution is 6.09. The Morgan fingerprint density at radius 1 is 0.833 bits per heavy atom. The lowest BCUT2D eigenvalue weighted by atomic mass is 9.98. The number of alkyl carbamates (subject to hydrolysis) is 1. The zero-order valence-corrected chi connectivity index (χ0v) is 24.4. The Morgan fingerprint density at radius 3 is 2.21 bits per heavy atom. The van der Waals surface area contributed by atoms with Crippen molar-refractivity contribution in [2.45, 2.75) is 64.8 Å². The SMILES string of the molecule is C[C@H](NC(=O)[C@H](CCC=O)NC(=O)c1ccc(CNC(=O)OC(C)(C)C)c2ccccc12)c1cccc2ccccc12. The summed E-state index contributed by atoms with van der Waals surface area (Å²) in [6.45, 7) is 7.50. The van der Waals surface area contributed by atoms with Gasteiger partial charge in [0.05, 0.1) is 6.04 Å². The van der Waals surface area contributed by atoms with E-state index >= 15 is 0 Å². The van der Waals surface area contributed by atoms with Crippen LogP contribution < -0.4 is 16.0 Å². The minimum atomic E-state index is -0.910. The molecule has 0 unspecified atom stereocenters. The number of ether oxygens (including phenoxy) is 1. The molecule has 0 aliphatic carbocycles. The molecule has 0 aromatic heterocycles. The van der Waals surface area contributed by atoms with E-state index < -0.39 is 23.6 Å². The summed E-state index contributed by atoms with van der Waals surface area (Å²) in [5.41, 5.74) is 1.54. The van der Waals surface area contributed by atoms with Crippen LogP contribution in [0, 0.1) is 0 Å². The van der Waals surface area contributed by atoms with Crippen molar-refractivity contribution in [1.29, 1.82) is 0 Å². The van der Waals surface area contributed by atoms with Gasteiger partial charge in [-0.05, 0) is 72.9 Å². The minimum Gasteiger partial charge on any atom is -0.444 e. The van der Waals surface area contributed by atoms with Crippen LogP contribution in [-0.2, 0) is 20.9 Å². The topological polar surface area (TPSA) is 114 Å². The number of rotatable bonds is 10. The fraction of sp³-hybridized carbons (Fsp3) is 0.294. The smallest absolute Gasteiger partial charge is 0.407 e. The average Bonchev–Trinajstić information content (AvgIpc) is 2.96. The molecule has 8 heteroatoms. The monoisotopic (exact) mass is 567 g/mol. The second kappa shape index (κ2) is 13.3. The standard InChI is InChI=1S/C34H37N3O5/c1-22(25-16-9-12-23-11-5-6-13-26(23)25)36-32(40)30(17-10-20-38)37-31(39)29-19-18-24(27-14-7-8-15-28(27)29)21-35-33(41)42-34(2,3)4/h5-9,11-16,18-20,22,30H,10,17,21H2,1-4H3,(H,35,41)(H,36,40)(H,37,39)/t22-,30-/m0/s1. The van der Waals surface area contributed by atoms with Gasteiger partial charge in [0.1, 0.15) is 17.9 Å². The van der Waals surface area contributed by atoms with Gasteiger partial charge in [-0.1, -0.05) is 72.8 Å². The fourth-order valence-electron chi connectivity index (χ4n) is 4.95. The van der Waals surface area contributed by atoms with E-state index in [9.17, 15) is 19.2 Å². The number of amides is 3. The fourth-order valence-corrected chi connectivity index (χ4v) is 4.95. The highest BCUT2D eigenvalue weighted by Gasteiger charge is 2.25. The number of hydrogen-bond acceptors (Lipinski definition) is 5. The van der Waals surface area contributed by atoms with Crippen molar-refractivity contribution < 1.29 is 23.9 Å². The van der Waals surface area contributed by atoms with Crippen molar-refractivity contribution in [2.24, 2.45) is 0 Å². The Bertz CT molecular complexity index is 1600. The van der Waals surface area contributed by atoms with Gasteiger partial charge in [-0.2, -0.15) is 0 Å². The number of carbonyl (C=O) groups is 4.